The number of halogens is 2. The highest BCUT2D eigenvalue weighted by Crippen LogP contribution is 2.24. The summed E-state index contributed by atoms with van der Waals surface area (Å²) in [4.78, 5) is 25.9. The Morgan fingerprint density at radius 2 is 1.82 bits per heavy atom. The fourth-order valence-corrected chi connectivity index (χ4v) is 3.33. The molecule has 0 unspecified atom stereocenters. The molecule has 28 heavy (non-hydrogen) atoms. The highest BCUT2D eigenvalue weighted by atomic mass is 35.5. The molecule has 1 aromatic carbocycles. The maximum absolute atomic E-state index is 13.4. The first-order chi connectivity index (χ1) is 13.5. The standard InChI is InChI=1S/C21H22Cl2N4O/c1-26(2)11-4-12-27(14-15-6-7-17(22)18(23)13-15)21(28)20-16-5-3-9-24-19(16)8-10-25-20/h3,5-10,13H,4,11-12,14H2,1-2H3. The van der Waals surface area contributed by atoms with Gasteiger partial charge in [0.1, 0.15) is 5.69 Å². The molecule has 3 rings (SSSR count). The number of carbonyl (C=O) groups is 1. The van der Waals surface area contributed by atoms with Gasteiger partial charge >= 0.3 is 0 Å². The number of rotatable bonds is 7. The number of hydrogen-bond donors (Lipinski definition) is 0. The molecule has 0 radical (unpaired) electrons. The van der Waals surface area contributed by atoms with E-state index < -0.39 is 0 Å². The predicted octanol–water partition coefficient (Wildman–Crippen LogP) is 4.53. The molecular formula is C21H22Cl2N4O. The molecule has 146 valence electrons. The van der Waals surface area contributed by atoms with Crippen LogP contribution in [0.2, 0.25) is 10.0 Å². The maximum Gasteiger partial charge on any atom is 0.273 e. The van der Waals surface area contributed by atoms with Crippen molar-refractivity contribution in [2.45, 2.75) is 13.0 Å². The Morgan fingerprint density at radius 3 is 2.57 bits per heavy atom. The molecule has 2 heterocycles. The van der Waals surface area contributed by atoms with E-state index in [0.717, 1.165) is 29.4 Å². The lowest BCUT2D eigenvalue weighted by atomic mass is 10.1. The van der Waals surface area contributed by atoms with E-state index in [9.17, 15) is 4.79 Å². The van der Waals surface area contributed by atoms with E-state index >= 15 is 0 Å². The van der Waals surface area contributed by atoms with Crippen molar-refractivity contribution in [1.29, 1.82) is 0 Å². The number of hydrogen-bond acceptors (Lipinski definition) is 4. The lowest BCUT2D eigenvalue weighted by Gasteiger charge is -2.24. The third-order valence-corrected chi connectivity index (χ3v) is 5.15. The average Bonchev–Trinajstić information content (AvgIpc) is 2.68. The Labute approximate surface area is 174 Å². The number of amides is 1. The molecule has 0 atom stereocenters. The third-order valence-electron chi connectivity index (χ3n) is 4.41. The van der Waals surface area contributed by atoms with Crippen molar-refractivity contribution >= 4 is 40.0 Å². The van der Waals surface area contributed by atoms with Gasteiger partial charge in [-0.1, -0.05) is 29.3 Å². The summed E-state index contributed by atoms with van der Waals surface area (Å²) < 4.78 is 0. The lowest BCUT2D eigenvalue weighted by Crippen LogP contribution is -2.33. The van der Waals surface area contributed by atoms with Crippen molar-refractivity contribution in [3.8, 4) is 0 Å². The summed E-state index contributed by atoms with van der Waals surface area (Å²) in [5, 5.41) is 1.73. The highest BCUT2D eigenvalue weighted by Gasteiger charge is 2.20. The number of aromatic nitrogens is 2. The van der Waals surface area contributed by atoms with E-state index in [2.05, 4.69) is 14.9 Å². The summed E-state index contributed by atoms with van der Waals surface area (Å²) in [5.74, 6) is -0.122. The minimum atomic E-state index is -0.122. The molecule has 0 bridgehead atoms. The van der Waals surface area contributed by atoms with Crippen LogP contribution in [0.15, 0.2) is 48.8 Å². The second kappa shape index (κ2) is 9.32. The van der Waals surface area contributed by atoms with E-state index in [1.165, 1.54) is 0 Å². The van der Waals surface area contributed by atoms with Crippen LogP contribution in [0.1, 0.15) is 22.5 Å². The van der Waals surface area contributed by atoms with Gasteiger partial charge in [0.25, 0.3) is 5.91 Å². The number of nitrogens with zero attached hydrogens (tertiary/aromatic N) is 4. The Hall–Kier alpha value is -2.21. The molecule has 0 saturated carbocycles. The van der Waals surface area contributed by atoms with Crippen LogP contribution in [0.25, 0.3) is 10.9 Å². The van der Waals surface area contributed by atoms with Crippen LogP contribution in [0.3, 0.4) is 0 Å². The Bertz CT molecular complexity index is 972. The van der Waals surface area contributed by atoms with E-state index in [4.69, 9.17) is 23.2 Å². The van der Waals surface area contributed by atoms with E-state index in [0.29, 0.717) is 28.8 Å². The Kier molecular flexibility index (Phi) is 6.83. The minimum absolute atomic E-state index is 0.122. The molecule has 0 fully saturated rings. The van der Waals surface area contributed by atoms with Crippen LogP contribution in [0.4, 0.5) is 0 Å². The topological polar surface area (TPSA) is 49.3 Å². The SMILES string of the molecule is CN(C)CCCN(Cc1ccc(Cl)c(Cl)c1)C(=O)c1nccc2ncccc12. The van der Waals surface area contributed by atoms with Crippen molar-refractivity contribution in [2.75, 3.05) is 27.2 Å². The molecule has 7 heteroatoms. The van der Waals surface area contributed by atoms with E-state index in [1.54, 1.807) is 29.4 Å². The molecule has 5 nitrogen and oxygen atoms in total. The Morgan fingerprint density at radius 1 is 1.00 bits per heavy atom. The molecule has 2 aromatic heterocycles. The van der Waals surface area contributed by atoms with Crippen LogP contribution in [0, 0.1) is 0 Å². The molecular weight excluding hydrogens is 395 g/mol. The summed E-state index contributed by atoms with van der Waals surface area (Å²) in [6, 6.07) is 10.9. The number of benzene rings is 1. The predicted molar refractivity (Wildman–Crippen MR) is 114 cm³/mol. The van der Waals surface area contributed by atoms with Crippen LogP contribution >= 0.6 is 23.2 Å². The molecule has 0 aliphatic rings. The smallest absolute Gasteiger partial charge is 0.273 e. The van der Waals surface area contributed by atoms with Crippen molar-refractivity contribution in [3.05, 3.63) is 70.1 Å². The summed E-state index contributed by atoms with van der Waals surface area (Å²) in [7, 11) is 4.03. The molecule has 0 spiro atoms. The van der Waals surface area contributed by atoms with Gasteiger partial charge in [0.15, 0.2) is 0 Å². The minimum Gasteiger partial charge on any atom is -0.333 e. The van der Waals surface area contributed by atoms with Gasteiger partial charge < -0.3 is 9.80 Å². The van der Waals surface area contributed by atoms with Crippen LogP contribution in [0.5, 0.6) is 0 Å². The monoisotopic (exact) mass is 416 g/mol. The second-order valence-electron chi connectivity index (χ2n) is 6.86. The van der Waals surface area contributed by atoms with Gasteiger partial charge in [-0.2, -0.15) is 0 Å². The van der Waals surface area contributed by atoms with Crippen molar-refractivity contribution < 1.29 is 4.79 Å². The van der Waals surface area contributed by atoms with Crippen molar-refractivity contribution in [3.63, 3.8) is 0 Å². The summed E-state index contributed by atoms with van der Waals surface area (Å²) >= 11 is 12.2. The van der Waals surface area contributed by atoms with Crippen molar-refractivity contribution in [2.24, 2.45) is 0 Å². The highest BCUT2D eigenvalue weighted by molar-refractivity contribution is 6.42. The lowest BCUT2D eigenvalue weighted by molar-refractivity contribution is 0.0734. The van der Waals surface area contributed by atoms with Crippen molar-refractivity contribution in [1.82, 2.24) is 19.8 Å². The third kappa shape index (κ3) is 4.98. The maximum atomic E-state index is 13.4. The molecule has 0 saturated heterocycles. The molecule has 3 aromatic rings. The van der Waals surface area contributed by atoms with Gasteiger partial charge in [0.2, 0.25) is 0 Å². The zero-order valence-electron chi connectivity index (χ0n) is 15.9. The van der Waals surface area contributed by atoms with Crippen LogP contribution < -0.4 is 0 Å². The van der Waals surface area contributed by atoms with Crippen LogP contribution in [-0.2, 0) is 6.54 Å². The van der Waals surface area contributed by atoms with Gasteiger partial charge in [-0.15, -0.1) is 0 Å². The number of fused-ring (bicyclic) bond motifs is 1. The fraction of sp³-hybridized carbons (Fsp3) is 0.286. The largest absolute Gasteiger partial charge is 0.333 e. The summed E-state index contributed by atoms with van der Waals surface area (Å²) in [6.45, 7) is 1.92. The zero-order chi connectivity index (χ0) is 20.1. The normalized spacial score (nSPS) is 11.2. The zero-order valence-corrected chi connectivity index (χ0v) is 17.4. The second-order valence-corrected chi connectivity index (χ2v) is 7.68. The average molecular weight is 417 g/mol. The number of pyridine rings is 2. The number of carbonyl (C=O) groups excluding carboxylic acids is 1. The molecule has 0 aliphatic carbocycles. The summed E-state index contributed by atoms with van der Waals surface area (Å²) in [6.07, 6.45) is 4.18. The Balaban J connectivity index is 1.90. The van der Waals surface area contributed by atoms with Gasteiger partial charge in [0, 0.05) is 30.9 Å². The first-order valence-corrected chi connectivity index (χ1v) is 9.79. The van der Waals surface area contributed by atoms with Gasteiger partial charge in [-0.3, -0.25) is 14.8 Å². The molecule has 1 amide bonds. The van der Waals surface area contributed by atoms with Gasteiger partial charge in [-0.25, -0.2) is 0 Å². The van der Waals surface area contributed by atoms with E-state index in [-0.39, 0.29) is 5.91 Å². The quantitative estimate of drug-likeness (QED) is 0.567. The fourth-order valence-electron chi connectivity index (χ4n) is 3.01. The van der Waals surface area contributed by atoms with E-state index in [1.807, 2.05) is 38.4 Å². The van der Waals surface area contributed by atoms with Gasteiger partial charge in [-0.05, 0) is 63.0 Å². The summed E-state index contributed by atoms with van der Waals surface area (Å²) in [5.41, 5.74) is 2.09. The molecule has 0 aliphatic heterocycles. The van der Waals surface area contributed by atoms with Crippen LogP contribution in [-0.4, -0.2) is 52.9 Å². The first kappa shape index (κ1) is 20.5. The van der Waals surface area contributed by atoms with Gasteiger partial charge in [0.05, 0.1) is 15.6 Å². The first-order valence-electron chi connectivity index (χ1n) is 9.03. The molecule has 0 N–H and O–H groups in total.